The summed E-state index contributed by atoms with van der Waals surface area (Å²) >= 11 is 0. The maximum Gasteiger partial charge on any atom is 0.255 e. The average Bonchev–Trinajstić information content (AvgIpc) is 2.56. The second-order valence-electron chi connectivity index (χ2n) is 5.60. The Morgan fingerprint density at radius 2 is 1.83 bits per heavy atom. The number of halogens is 1. The lowest BCUT2D eigenvalue weighted by atomic mass is 9.90. The number of aryl methyl sites for hydroxylation is 2. The van der Waals surface area contributed by atoms with Gasteiger partial charge in [0.05, 0.1) is 18.5 Å². The van der Waals surface area contributed by atoms with Gasteiger partial charge in [-0.15, -0.1) is 12.4 Å². The van der Waals surface area contributed by atoms with Crippen molar-refractivity contribution in [2.24, 2.45) is 0 Å². The van der Waals surface area contributed by atoms with Crippen LogP contribution in [0.5, 0.6) is 5.75 Å². The Morgan fingerprint density at radius 1 is 1.09 bits per heavy atom. The number of hydrogen-bond acceptors (Lipinski definition) is 3. The molecule has 122 valence electrons. The van der Waals surface area contributed by atoms with Gasteiger partial charge in [0.25, 0.3) is 5.91 Å². The zero-order valence-corrected chi connectivity index (χ0v) is 13.9. The molecule has 0 aliphatic heterocycles. The van der Waals surface area contributed by atoms with E-state index in [-0.39, 0.29) is 18.3 Å². The molecule has 1 amide bonds. The lowest BCUT2D eigenvalue weighted by molar-refractivity contribution is 0.102. The number of fused-ring (bicyclic) bond motifs is 1. The Hall–Kier alpha value is -2.20. The van der Waals surface area contributed by atoms with Gasteiger partial charge < -0.3 is 15.8 Å². The lowest BCUT2D eigenvalue weighted by Crippen LogP contribution is -2.14. The van der Waals surface area contributed by atoms with Crippen molar-refractivity contribution in [2.75, 3.05) is 18.2 Å². The topological polar surface area (TPSA) is 64.3 Å². The van der Waals surface area contributed by atoms with Crippen LogP contribution in [0.1, 0.15) is 34.3 Å². The first-order chi connectivity index (χ1) is 10.7. The molecular formula is C18H21ClN2O2. The van der Waals surface area contributed by atoms with Crippen molar-refractivity contribution in [1.82, 2.24) is 0 Å². The molecule has 5 heteroatoms. The van der Waals surface area contributed by atoms with Crippen LogP contribution in [-0.2, 0) is 12.8 Å². The van der Waals surface area contributed by atoms with E-state index >= 15 is 0 Å². The number of hydrogen-bond donors (Lipinski definition) is 2. The van der Waals surface area contributed by atoms with Crippen LogP contribution < -0.4 is 15.8 Å². The predicted molar refractivity (Wildman–Crippen MR) is 95.7 cm³/mol. The lowest BCUT2D eigenvalue weighted by Gasteiger charge is -2.16. The molecule has 4 nitrogen and oxygen atoms in total. The number of ether oxygens (including phenoxy) is 1. The summed E-state index contributed by atoms with van der Waals surface area (Å²) in [4.78, 5) is 12.4. The number of nitrogen functional groups attached to an aromatic ring is 1. The molecule has 1 aliphatic carbocycles. The standard InChI is InChI=1S/C18H20N2O2.ClH/c1-22-15-8-9-16(19)17(11-15)20-18(21)14-7-6-12-4-2-3-5-13(12)10-14;/h6-11H,2-5,19H2,1H3,(H,20,21);1H. The molecule has 2 aromatic carbocycles. The molecule has 3 rings (SSSR count). The molecule has 3 N–H and O–H groups in total. The van der Waals surface area contributed by atoms with E-state index in [9.17, 15) is 4.79 Å². The zero-order valence-electron chi connectivity index (χ0n) is 13.1. The largest absolute Gasteiger partial charge is 0.497 e. The molecule has 0 bridgehead atoms. The van der Waals surface area contributed by atoms with Crippen molar-refractivity contribution in [3.63, 3.8) is 0 Å². The fourth-order valence-electron chi connectivity index (χ4n) is 2.84. The van der Waals surface area contributed by atoms with Gasteiger partial charge in [0.1, 0.15) is 5.75 Å². The van der Waals surface area contributed by atoms with Crippen LogP contribution in [0.3, 0.4) is 0 Å². The minimum atomic E-state index is -0.145. The van der Waals surface area contributed by atoms with Crippen molar-refractivity contribution < 1.29 is 9.53 Å². The Bertz CT molecular complexity index is 716. The van der Waals surface area contributed by atoms with Crippen LogP contribution in [0, 0.1) is 0 Å². The monoisotopic (exact) mass is 332 g/mol. The first-order valence-electron chi connectivity index (χ1n) is 7.54. The van der Waals surface area contributed by atoms with Crippen molar-refractivity contribution in [3.05, 3.63) is 53.1 Å². The fraction of sp³-hybridized carbons (Fsp3) is 0.278. The second-order valence-corrected chi connectivity index (χ2v) is 5.60. The number of nitrogens with one attached hydrogen (secondary N) is 1. The third-order valence-electron chi connectivity index (χ3n) is 4.12. The molecule has 0 atom stereocenters. The number of anilines is 2. The molecule has 0 heterocycles. The average molecular weight is 333 g/mol. The van der Waals surface area contributed by atoms with Gasteiger partial charge in [0, 0.05) is 11.6 Å². The predicted octanol–water partition coefficient (Wildman–Crippen LogP) is 3.83. The summed E-state index contributed by atoms with van der Waals surface area (Å²) in [6.07, 6.45) is 4.59. The Morgan fingerprint density at radius 3 is 2.57 bits per heavy atom. The van der Waals surface area contributed by atoms with Crippen molar-refractivity contribution in [3.8, 4) is 5.75 Å². The van der Waals surface area contributed by atoms with Crippen LogP contribution in [0.2, 0.25) is 0 Å². The quantitative estimate of drug-likeness (QED) is 0.839. The molecular weight excluding hydrogens is 312 g/mol. The zero-order chi connectivity index (χ0) is 15.5. The molecule has 0 saturated heterocycles. The number of benzene rings is 2. The van der Waals surface area contributed by atoms with E-state index in [1.807, 2.05) is 12.1 Å². The molecule has 0 radical (unpaired) electrons. The van der Waals surface area contributed by atoms with Crippen LogP contribution in [0.15, 0.2) is 36.4 Å². The number of rotatable bonds is 3. The molecule has 1 aliphatic rings. The highest BCUT2D eigenvalue weighted by Crippen LogP contribution is 2.26. The Kier molecular flexibility index (Phi) is 5.50. The van der Waals surface area contributed by atoms with E-state index in [0.29, 0.717) is 22.7 Å². The maximum atomic E-state index is 12.4. The van der Waals surface area contributed by atoms with Crippen LogP contribution in [-0.4, -0.2) is 13.0 Å². The molecule has 0 aromatic heterocycles. The summed E-state index contributed by atoms with van der Waals surface area (Å²) in [5, 5.41) is 2.86. The van der Waals surface area contributed by atoms with Gasteiger partial charge in [0.15, 0.2) is 0 Å². The molecule has 2 aromatic rings. The number of carbonyl (C=O) groups is 1. The first kappa shape index (κ1) is 17.2. The number of methoxy groups -OCH3 is 1. The summed E-state index contributed by atoms with van der Waals surface area (Å²) < 4.78 is 5.16. The first-order valence-corrected chi connectivity index (χ1v) is 7.54. The van der Waals surface area contributed by atoms with Gasteiger partial charge >= 0.3 is 0 Å². The SMILES string of the molecule is COc1ccc(N)c(NC(=O)c2ccc3c(c2)CCCC3)c1.Cl. The summed E-state index contributed by atoms with van der Waals surface area (Å²) in [5.74, 6) is 0.517. The molecule has 0 unspecified atom stereocenters. The van der Waals surface area contributed by atoms with E-state index in [4.69, 9.17) is 10.5 Å². The van der Waals surface area contributed by atoms with Crippen molar-refractivity contribution in [1.29, 1.82) is 0 Å². The van der Waals surface area contributed by atoms with E-state index in [0.717, 1.165) is 12.8 Å². The van der Waals surface area contributed by atoms with Crippen LogP contribution in [0.25, 0.3) is 0 Å². The van der Waals surface area contributed by atoms with Gasteiger partial charge in [-0.2, -0.15) is 0 Å². The van der Waals surface area contributed by atoms with Gasteiger partial charge in [-0.3, -0.25) is 4.79 Å². The van der Waals surface area contributed by atoms with Gasteiger partial charge in [-0.25, -0.2) is 0 Å². The van der Waals surface area contributed by atoms with Crippen LogP contribution in [0.4, 0.5) is 11.4 Å². The second kappa shape index (κ2) is 7.38. The van der Waals surface area contributed by atoms with E-state index in [1.165, 1.54) is 24.0 Å². The molecule has 23 heavy (non-hydrogen) atoms. The summed E-state index contributed by atoms with van der Waals surface area (Å²) in [6, 6.07) is 11.2. The number of amides is 1. The highest BCUT2D eigenvalue weighted by Gasteiger charge is 2.14. The van der Waals surface area contributed by atoms with Crippen molar-refractivity contribution in [2.45, 2.75) is 25.7 Å². The van der Waals surface area contributed by atoms with Gasteiger partial charge in [0.2, 0.25) is 0 Å². The van der Waals surface area contributed by atoms with E-state index < -0.39 is 0 Å². The number of nitrogens with two attached hydrogens (primary N) is 1. The van der Waals surface area contributed by atoms with Crippen molar-refractivity contribution >= 4 is 29.7 Å². The Balaban J connectivity index is 0.00000192. The highest BCUT2D eigenvalue weighted by atomic mass is 35.5. The molecule has 0 saturated carbocycles. The minimum Gasteiger partial charge on any atom is -0.497 e. The number of carbonyl (C=O) groups excluding carboxylic acids is 1. The normalized spacial score (nSPS) is 12.7. The van der Waals surface area contributed by atoms with E-state index in [2.05, 4.69) is 11.4 Å². The highest BCUT2D eigenvalue weighted by molar-refractivity contribution is 6.06. The fourth-order valence-corrected chi connectivity index (χ4v) is 2.84. The minimum absolute atomic E-state index is 0. The summed E-state index contributed by atoms with van der Waals surface area (Å²) in [5.41, 5.74) is 10.3. The maximum absolute atomic E-state index is 12.4. The van der Waals surface area contributed by atoms with Gasteiger partial charge in [-0.05, 0) is 61.1 Å². The van der Waals surface area contributed by atoms with Crippen LogP contribution >= 0.6 is 12.4 Å². The third-order valence-corrected chi connectivity index (χ3v) is 4.12. The smallest absolute Gasteiger partial charge is 0.255 e. The summed E-state index contributed by atoms with van der Waals surface area (Å²) in [6.45, 7) is 0. The third kappa shape index (κ3) is 3.77. The van der Waals surface area contributed by atoms with Gasteiger partial charge in [-0.1, -0.05) is 6.07 Å². The Labute approximate surface area is 142 Å². The summed E-state index contributed by atoms with van der Waals surface area (Å²) in [7, 11) is 1.58. The molecule has 0 fully saturated rings. The van der Waals surface area contributed by atoms with E-state index in [1.54, 1.807) is 25.3 Å². The molecule has 0 spiro atoms.